The predicted molar refractivity (Wildman–Crippen MR) is 146 cm³/mol. The maximum atomic E-state index is 13.4. The number of ketones is 1. The molecule has 198 valence electrons. The van der Waals surface area contributed by atoms with Crippen LogP contribution < -0.4 is 9.47 Å². The number of aliphatic hydroxyl groups excluding tert-OH is 1. The number of aliphatic hydroxyl groups is 1. The maximum absolute atomic E-state index is 13.4. The molecule has 1 aliphatic rings. The van der Waals surface area contributed by atoms with E-state index in [9.17, 15) is 14.7 Å². The fourth-order valence-electron chi connectivity index (χ4n) is 4.26. The Morgan fingerprint density at radius 1 is 0.895 bits per heavy atom. The third-order valence-electron chi connectivity index (χ3n) is 6.09. The molecule has 1 aliphatic heterocycles. The predicted octanol–water partition coefficient (Wildman–Crippen LogP) is 5.77. The van der Waals surface area contributed by atoms with Gasteiger partial charge in [0.05, 0.1) is 24.8 Å². The van der Waals surface area contributed by atoms with Crippen molar-refractivity contribution in [2.45, 2.75) is 40.3 Å². The van der Waals surface area contributed by atoms with Crippen LogP contribution in [-0.2, 0) is 16.1 Å². The molecular weight excluding hydrogens is 480 g/mol. The van der Waals surface area contributed by atoms with Crippen molar-refractivity contribution in [2.75, 3.05) is 13.2 Å². The molecule has 0 aliphatic carbocycles. The largest absolute Gasteiger partial charge is 0.507 e. The van der Waals surface area contributed by atoms with Gasteiger partial charge in [-0.1, -0.05) is 52.0 Å². The van der Waals surface area contributed by atoms with Crippen LogP contribution in [0.15, 0.2) is 78.6 Å². The third-order valence-corrected chi connectivity index (χ3v) is 6.09. The zero-order chi connectivity index (χ0) is 27.2. The van der Waals surface area contributed by atoms with Crippen molar-refractivity contribution in [2.24, 2.45) is 11.8 Å². The van der Waals surface area contributed by atoms with E-state index in [1.165, 1.54) is 4.90 Å². The first-order valence-electron chi connectivity index (χ1n) is 12.9. The molecule has 2 aromatic carbocycles. The van der Waals surface area contributed by atoms with Gasteiger partial charge < -0.3 is 19.5 Å². The highest BCUT2D eigenvalue weighted by atomic mass is 16.5. The zero-order valence-corrected chi connectivity index (χ0v) is 22.3. The number of nitrogens with zero attached hydrogens (tertiary/aromatic N) is 2. The third kappa shape index (κ3) is 6.22. The Morgan fingerprint density at radius 2 is 1.50 bits per heavy atom. The molecule has 4 rings (SSSR count). The van der Waals surface area contributed by atoms with Gasteiger partial charge in [0.1, 0.15) is 17.3 Å². The highest BCUT2D eigenvalue weighted by molar-refractivity contribution is 6.46. The van der Waals surface area contributed by atoms with Crippen LogP contribution >= 0.6 is 0 Å². The molecule has 0 saturated carbocycles. The number of carbonyl (C=O) groups excluding carboxylic acids is 2. The van der Waals surface area contributed by atoms with Crippen LogP contribution in [0.5, 0.6) is 11.5 Å². The quantitative estimate of drug-likeness (QED) is 0.210. The van der Waals surface area contributed by atoms with Crippen molar-refractivity contribution in [1.82, 2.24) is 9.88 Å². The molecular formula is C31H34N2O5. The summed E-state index contributed by atoms with van der Waals surface area (Å²) >= 11 is 0. The van der Waals surface area contributed by atoms with Gasteiger partial charge in [0, 0.05) is 24.5 Å². The van der Waals surface area contributed by atoms with E-state index in [-0.39, 0.29) is 17.9 Å². The fraction of sp³-hybridized carbons (Fsp3) is 0.323. The fourth-order valence-corrected chi connectivity index (χ4v) is 4.26. The second-order valence-corrected chi connectivity index (χ2v) is 10.3. The van der Waals surface area contributed by atoms with E-state index < -0.39 is 17.7 Å². The van der Waals surface area contributed by atoms with Gasteiger partial charge in [0.15, 0.2) is 0 Å². The molecule has 1 N–H and O–H groups in total. The summed E-state index contributed by atoms with van der Waals surface area (Å²) in [6.07, 6.45) is 3.29. The van der Waals surface area contributed by atoms with E-state index in [1.807, 2.05) is 38.1 Å². The van der Waals surface area contributed by atoms with Gasteiger partial charge >= 0.3 is 0 Å². The molecule has 1 amide bonds. The Bertz CT molecular complexity index is 1320. The molecule has 7 heteroatoms. The molecule has 1 atom stereocenters. The molecule has 1 unspecified atom stereocenters. The lowest BCUT2D eigenvalue weighted by Crippen LogP contribution is -2.29. The van der Waals surface area contributed by atoms with E-state index in [1.54, 1.807) is 48.8 Å². The first kappa shape index (κ1) is 26.9. The van der Waals surface area contributed by atoms with Crippen LogP contribution in [-0.4, -0.2) is 39.9 Å². The summed E-state index contributed by atoms with van der Waals surface area (Å²) in [7, 11) is 0. The highest BCUT2D eigenvalue weighted by Gasteiger charge is 2.46. The average Bonchev–Trinajstić information content (AvgIpc) is 3.16. The maximum Gasteiger partial charge on any atom is 0.295 e. The van der Waals surface area contributed by atoms with Crippen LogP contribution in [0.2, 0.25) is 0 Å². The minimum absolute atomic E-state index is 0.0334. The SMILES string of the molecule is CC(C)COc1cccc(/C(O)=C2/C(=O)C(=O)N(Cc3ccncc3)C2c2cccc(OCC(C)C)c2)c1. The molecule has 0 radical (unpaired) electrons. The average molecular weight is 515 g/mol. The summed E-state index contributed by atoms with van der Waals surface area (Å²) in [5.74, 6) is 0.230. The second-order valence-electron chi connectivity index (χ2n) is 10.3. The Kier molecular flexibility index (Phi) is 8.46. The van der Waals surface area contributed by atoms with Gasteiger partial charge in [0.2, 0.25) is 0 Å². The smallest absolute Gasteiger partial charge is 0.295 e. The van der Waals surface area contributed by atoms with Gasteiger partial charge in [0.25, 0.3) is 11.7 Å². The van der Waals surface area contributed by atoms with E-state index in [2.05, 4.69) is 18.8 Å². The molecule has 3 aromatic rings. The Labute approximate surface area is 223 Å². The Hall–Kier alpha value is -4.13. The normalized spacial score (nSPS) is 16.9. The molecule has 1 saturated heterocycles. The lowest BCUT2D eigenvalue weighted by Gasteiger charge is -2.26. The molecule has 7 nitrogen and oxygen atoms in total. The number of ether oxygens (including phenoxy) is 2. The molecule has 1 fully saturated rings. The number of carbonyl (C=O) groups is 2. The summed E-state index contributed by atoms with van der Waals surface area (Å²) in [5, 5.41) is 11.5. The Morgan fingerprint density at radius 3 is 2.13 bits per heavy atom. The van der Waals surface area contributed by atoms with Crippen molar-refractivity contribution in [1.29, 1.82) is 0 Å². The molecule has 0 bridgehead atoms. The van der Waals surface area contributed by atoms with Crippen LogP contribution in [0.25, 0.3) is 5.76 Å². The van der Waals surface area contributed by atoms with Crippen molar-refractivity contribution >= 4 is 17.4 Å². The van der Waals surface area contributed by atoms with E-state index in [0.29, 0.717) is 47.7 Å². The summed E-state index contributed by atoms with van der Waals surface area (Å²) in [6, 6.07) is 17.1. The number of benzene rings is 2. The van der Waals surface area contributed by atoms with E-state index in [4.69, 9.17) is 9.47 Å². The standard InChI is InChI=1S/C31H34N2O5/c1-20(2)18-37-25-9-5-7-23(15-25)28-27(29(34)24-8-6-10-26(16-24)38-19-21(3)4)30(35)31(36)33(28)17-22-11-13-32-14-12-22/h5-16,20-21,28,34H,17-19H2,1-4H3/b29-27-. The van der Waals surface area contributed by atoms with Crippen LogP contribution in [0.3, 0.4) is 0 Å². The molecule has 2 heterocycles. The van der Waals surface area contributed by atoms with Gasteiger partial charge in [-0.25, -0.2) is 0 Å². The lowest BCUT2D eigenvalue weighted by molar-refractivity contribution is -0.140. The number of pyridine rings is 1. The van der Waals surface area contributed by atoms with Crippen molar-refractivity contribution < 1.29 is 24.2 Å². The number of hydrogen-bond donors (Lipinski definition) is 1. The molecule has 0 spiro atoms. The van der Waals surface area contributed by atoms with Crippen LogP contribution in [0, 0.1) is 11.8 Å². The number of Topliss-reactive ketones (excluding diaryl/α,β-unsaturated/α-hetero) is 1. The highest BCUT2D eigenvalue weighted by Crippen LogP contribution is 2.41. The van der Waals surface area contributed by atoms with Gasteiger partial charge in [-0.05, 0) is 59.4 Å². The zero-order valence-electron chi connectivity index (χ0n) is 22.3. The summed E-state index contributed by atoms with van der Waals surface area (Å²) < 4.78 is 11.7. The van der Waals surface area contributed by atoms with E-state index in [0.717, 1.165) is 5.56 Å². The van der Waals surface area contributed by atoms with Gasteiger partial charge in [-0.15, -0.1) is 0 Å². The number of aromatic nitrogens is 1. The number of likely N-dealkylation sites (tertiary alicyclic amines) is 1. The first-order chi connectivity index (χ1) is 18.2. The van der Waals surface area contributed by atoms with Crippen molar-refractivity contribution in [3.63, 3.8) is 0 Å². The van der Waals surface area contributed by atoms with Gasteiger partial charge in [-0.3, -0.25) is 14.6 Å². The summed E-state index contributed by atoms with van der Waals surface area (Å²) in [4.78, 5) is 32.3. The number of rotatable bonds is 10. The number of amides is 1. The molecule has 1 aromatic heterocycles. The molecule has 38 heavy (non-hydrogen) atoms. The minimum Gasteiger partial charge on any atom is -0.507 e. The first-order valence-corrected chi connectivity index (χ1v) is 12.9. The second kappa shape index (κ2) is 11.9. The number of hydrogen-bond acceptors (Lipinski definition) is 6. The Balaban J connectivity index is 1.79. The summed E-state index contributed by atoms with van der Waals surface area (Å²) in [6.45, 7) is 9.45. The minimum atomic E-state index is -0.800. The van der Waals surface area contributed by atoms with Crippen LogP contribution in [0.4, 0.5) is 0 Å². The van der Waals surface area contributed by atoms with Gasteiger partial charge in [-0.2, -0.15) is 0 Å². The monoisotopic (exact) mass is 514 g/mol. The topological polar surface area (TPSA) is 89.0 Å². The van der Waals surface area contributed by atoms with Crippen molar-refractivity contribution in [3.05, 3.63) is 95.3 Å². The van der Waals surface area contributed by atoms with Crippen LogP contribution in [0.1, 0.15) is 50.4 Å². The van der Waals surface area contributed by atoms with E-state index >= 15 is 0 Å². The summed E-state index contributed by atoms with van der Waals surface area (Å²) in [5.41, 5.74) is 1.94. The van der Waals surface area contributed by atoms with Crippen molar-refractivity contribution in [3.8, 4) is 11.5 Å². The lowest BCUT2D eigenvalue weighted by atomic mass is 9.95.